The molecule has 0 bridgehead atoms. The van der Waals surface area contributed by atoms with Crippen molar-refractivity contribution in [2.75, 3.05) is 24.3 Å². The number of hydrogen-bond acceptors (Lipinski definition) is 3. The third-order valence-electron chi connectivity index (χ3n) is 3.66. The van der Waals surface area contributed by atoms with E-state index in [0.717, 1.165) is 27.0 Å². The molecule has 0 aliphatic heterocycles. The van der Waals surface area contributed by atoms with E-state index in [1.54, 1.807) is 7.11 Å². The van der Waals surface area contributed by atoms with E-state index in [0.29, 0.717) is 13.2 Å². The fourth-order valence-electron chi connectivity index (χ4n) is 2.36. The number of nitrogens with two attached hydrogens (primary N) is 1. The summed E-state index contributed by atoms with van der Waals surface area (Å²) in [5.41, 5.74) is 9.52. The summed E-state index contributed by atoms with van der Waals surface area (Å²) in [6.45, 7) is 2.72. The number of guanidine groups is 1. The van der Waals surface area contributed by atoms with E-state index in [2.05, 4.69) is 31.6 Å². The zero-order chi connectivity index (χ0) is 18.9. The fourth-order valence-corrected chi connectivity index (χ4v) is 2.83. The van der Waals surface area contributed by atoms with Gasteiger partial charge in [0.05, 0.1) is 13.2 Å². The predicted octanol–water partition coefficient (Wildman–Crippen LogP) is 4.28. The number of para-hydroxylation sites is 1. The van der Waals surface area contributed by atoms with Crippen LogP contribution in [0.1, 0.15) is 17.5 Å². The van der Waals surface area contributed by atoms with Crippen LogP contribution in [0.5, 0.6) is 0 Å². The fraction of sp³-hybridized carbons (Fsp3) is 0.263. The van der Waals surface area contributed by atoms with Gasteiger partial charge in [-0.2, -0.15) is 0 Å². The van der Waals surface area contributed by atoms with Crippen LogP contribution in [0.15, 0.2) is 51.9 Å². The topological polar surface area (TPSA) is 88.7 Å². The van der Waals surface area contributed by atoms with Gasteiger partial charge in [0, 0.05) is 34.9 Å². The molecule has 0 radical (unpaired) electrons. The molecule has 0 aromatic heterocycles. The monoisotopic (exact) mass is 546 g/mol. The maximum Gasteiger partial charge on any atom is 0.226 e. The average Bonchev–Trinajstić information content (AvgIpc) is 2.59. The van der Waals surface area contributed by atoms with Crippen molar-refractivity contribution in [3.8, 4) is 0 Å². The minimum Gasteiger partial charge on any atom is -0.380 e. The van der Waals surface area contributed by atoms with Gasteiger partial charge in [0.2, 0.25) is 5.91 Å². The van der Waals surface area contributed by atoms with Crippen molar-refractivity contribution in [2.24, 2.45) is 10.7 Å². The molecule has 0 atom stereocenters. The van der Waals surface area contributed by atoms with Gasteiger partial charge in [-0.1, -0.05) is 34.1 Å². The van der Waals surface area contributed by atoms with Gasteiger partial charge >= 0.3 is 0 Å². The number of aliphatic imine (C=N–C) groups is 1. The maximum atomic E-state index is 12.1. The lowest BCUT2D eigenvalue weighted by Crippen LogP contribution is -2.24. The molecule has 146 valence electrons. The summed E-state index contributed by atoms with van der Waals surface area (Å²) in [6.07, 6.45) is 0.248. The molecule has 0 aliphatic carbocycles. The molecule has 27 heavy (non-hydrogen) atoms. The van der Waals surface area contributed by atoms with Gasteiger partial charge in [-0.05, 0) is 36.8 Å². The highest BCUT2D eigenvalue weighted by atomic mass is 127. The molecule has 2 rings (SSSR count). The molecule has 0 spiro atoms. The van der Waals surface area contributed by atoms with Crippen LogP contribution >= 0.6 is 39.9 Å². The molecule has 1 amide bonds. The first-order chi connectivity index (χ1) is 12.5. The van der Waals surface area contributed by atoms with Crippen LogP contribution < -0.4 is 16.4 Å². The summed E-state index contributed by atoms with van der Waals surface area (Å²) in [5, 5.41) is 5.92. The molecule has 0 aliphatic rings. The van der Waals surface area contributed by atoms with Gasteiger partial charge in [-0.25, -0.2) is 0 Å². The van der Waals surface area contributed by atoms with E-state index in [1.165, 1.54) is 0 Å². The van der Waals surface area contributed by atoms with Crippen molar-refractivity contribution >= 4 is 63.1 Å². The van der Waals surface area contributed by atoms with E-state index in [4.69, 9.17) is 10.5 Å². The molecule has 0 fully saturated rings. The minimum atomic E-state index is -0.105. The lowest BCUT2D eigenvalue weighted by atomic mass is 10.2. The van der Waals surface area contributed by atoms with E-state index >= 15 is 0 Å². The summed E-state index contributed by atoms with van der Waals surface area (Å²) in [7, 11) is 1.64. The lowest BCUT2D eigenvalue weighted by molar-refractivity contribution is -0.116. The Balaban J connectivity index is 0.00000364. The van der Waals surface area contributed by atoms with Crippen LogP contribution in [0.25, 0.3) is 0 Å². The van der Waals surface area contributed by atoms with E-state index in [1.807, 2.05) is 49.4 Å². The molecule has 0 unspecified atom stereocenters. The first-order valence-electron chi connectivity index (χ1n) is 8.19. The number of amides is 1. The molecule has 0 heterocycles. The number of rotatable bonds is 7. The van der Waals surface area contributed by atoms with Gasteiger partial charge in [0.1, 0.15) is 0 Å². The number of carbonyl (C=O) groups is 1. The molecule has 2 aromatic carbocycles. The highest BCUT2D eigenvalue weighted by Crippen LogP contribution is 2.20. The molecule has 0 saturated carbocycles. The SMILES string of the molecule is COCc1ccccc1NC(N)=NCCC(=O)Nc1ccc(Br)cc1C.I. The average molecular weight is 547 g/mol. The number of carbonyl (C=O) groups excluding carboxylic acids is 1. The lowest BCUT2D eigenvalue weighted by Gasteiger charge is -2.11. The van der Waals surface area contributed by atoms with Gasteiger partial charge in [-0.3, -0.25) is 9.79 Å². The first-order valence-corrected chi connectivity index (χ1v) is 8.98. The zero-order valence-electron chi connectivity index (χ0n) is 15.3. The number of hydrogen-bond donors (Lipinski definition) is 3. The Morgan fingerprint density at radius 1 is 1.19 bits per heavy atom. The van der Waals surface area contributed by atoms with E-state index in [9.17, 15) is 4.79 Å². The number of nitrogens with zero attached hydrogens (tertiary/aromatic N) is 1. The Bertz CT molecular complexity index is 799. The largest absolute Gasteiger partial charge is 0.380 e. The van der Waals surface area contributed by atoms with Crippen LogP contribution in [-0.4, -0.2) is 25.5 Å². The van der Waals surface area contributed by atoms with Gasteiger partial charge in [0.25, 0.3) is 0 Å². The minimum absolute atomic E-state index is 0. The quantitative estimate of drug-likeness (QED) is 0.275. The highest BCUT2D eigenvalue weighted by Gasteiger charge is 2.06. The first kappa shape index (κ1) is 23.4. The molecule has 4 N–H and O–H groups in total. The van der Waals surface area contributed by atoms with Crippen molar-refractivity contribution < 1.29 is 9.53 Å². The van der Waals surface area contributed by atoms with Crippen molar-refractivity contribution in [2.45, 2.75) is 20.0 Å². The van der Waals surface area contributed by atoms with E-state index in [-0.39, 0.29) is 42.3 Å². The number of nitrogens with one attached hydrogen (secondary N) is 2. The number of halogens is 2. The van der Waals surface area contributed by atoms with Crippen LogP contribution in [0.4, 0.5) is 11.4 Å². The summed E-state index contributed by atoms with van der Waals surface area (Å²) < 4.78 is 6.14. The molecular weight excluding hydrogens is 523 g/mol. The smallest absolute Gasteiger partial charge is 0.226 e. The number of aryl methyl sites for hydroxylation is 1. The Morgan fingerprint density at radius 3 is 2.63 bits per heavy atom. The molecular formula is C19H24BrIN4O2. The summed E-state index contributed by atoms with van der Waals surface area (Å²) in [4.78, 5) is 16.3. The van der Waals surface area contributed by atoms with Crippen LogP contribution in [0, 0.1) is 6.92 Å². The van der Waals surface area contributed by atoms with Crippen molar-refractivity contribution in [3.63, 3.8) is 0 Å². The second-order valence-electron chi connectivity index (χ2n) is 5.74. The Hall–Kier alpha value is -1.65. The summed E-state index contributed by atoms with van der Waals surface area (Å²) in [5.74, 6) is 0.160. The molecule has 8 heteroatoms. The van der Waals surface area contributed by atoms with Crippen molar-refractivity contribution in [1.29, 1.82) is 0 Å². The molecule has 2 aromatic rings. The van der Waals surface area contributed by atoms with E-state index < -0.39 is 0 Å². The second-order valence-corrected chi connectivity index (χ2v) is 6.66. The number of anilines is 2. The summed E-state index contributed by atoms with van der Waals surface area (Å²) >= 11 is 3.40. The Labute approximate surface area is 185 Å². The van der Waals surface area contributed by atoms with Crippen molar-refractivity contribution in [1.82, 2.24) is 0 Å². The normalized spacial score (nSPS) is 10.9. The second kappa shape index (κ2) is 11.9. The zero-order valence-corrected chi connectivity index (χ0v) is 19.2. The highest BCUT2D eigenvalue weighted by molar-refractivity contribution is 14.0. The third-order valence-corrected chi connectivity index (χ3v) is 4.16. The van der Waals surface area contributed by atoms with Crippen LogP contribution in [0.3, 0.4) is 0 Å². The third kappa shape index (κ3) is 7.86. The molecule has 0 saturated heterocycles. The van der Waals surface area contributed by atoms with Crippen LogP contribution in [0.2, 0.25) is 0 Å². The van der Waals surface area contributed by atoms with Gasteiger partial charge in [-0.15, -0.1) is 24.0 Å². The number of benzene rings is 2. The predicted molar refractivity (Wildman–Crippen MR) is 125 cm³/mol. The molecule has 6 nitrogen and oxygen atoms in total. The Morgan fingerprint density at radius 2 is 1.93 bits per heavy atom. The van der Waals surface area contributed by atoms with Crippen molar-refractivity contribution in [3.05, 3.63) is 58.1 Å². The van der Waals surface area contributed by atoms with Gasteiger partial charge in [0.15, 0.2) is 5.96 Å². The standard InChI is InChI=1S/C19H23BrN4O2.HI/c1-13-11-15(20)7-8-16(13)23-18(25)9-10-22-19(21)24-17-6-4-3-5-14(17)12-26-2;/h3-8,11H,9-10,12H2,1-2H3,(H,23,25)(H3,21,22,24);1H. The van der Waals surface area contributed by atoms with Gasteiger partial charge < -0.3 is 21.1 Å². The number of ether oxygens (including phenoxy) is 1. The maximum absolute atomic E-state index is 12.1. The Kier molecular flexibility index (Phi) is 10.3. The summed E-state index contributed by atoms with van der Waals surface area (Å²) in [6, 6.07) is 13.4. The van der Waals surface area contributed by atoms with Crippen LogP contribution in [-0.2, 0) is 16.1 Å². The number of methoxy groups -OCH3 is 1.